The number of amides is 2. The molecule has 2 N–H and O–H groups in total. The van der Waals surface area contributed by atoms with Crippen molar-refractivity contribution in [2.45, 2.75) is 83.1 Å². The van der Waals surface area contributed by atoms with E-state index in [-0.39, 0.29) is 23.1 Å². The van der Waals surface area contributed by atoms with Gasteiger partial charge in [0.2, 0.25) is 5.91 Å². The molecule has 2 atom stereocenters. The molecular formula is C25H35N5O3. The van der Waals surface area contributed by atoms with E-state index in [0.717, 1.165) is 44.3 Å². The summed E-state index contributed by atoms with van der Waals surface area (Å²) in [5.41, 5.74) is 0.534. The number of carbonyl (C=O) groups excluding carboxylic acids is 2. The van der Waals surface area contributed by atoms with Gasteiger partial charge in [0.1, 0.15) is 17.5 Å². The van der Waals surface area contributed by atoms with Gasteiger partial charge in [-0.05, 0) is 49.0 Å². The SMILES string of the molecule is Cn1nccc1C(=O)N[C@H](C(=O)Nc1cc(C2CCCCC2)on1)C(C1CCC1)C1(C)CC1. The number of hydrogen-bond donors (Lipinski definition) is 2. The Morgan fingerprint density at radius 3 is 2.52 bits per heavy atom. The summed E-state index contributed by atoms with van der Waals surface area (Å²) in [5, 5.41) is 14.3. The number of aryl methyl sites for hydroxylation is 1. The highest BCUT2D eigenvalue weighted by atomic mass is 16.5. The number of carbonyl (C=O) groups is 2. The summed E-state index contributed by atoms with van der Waals surface area (Å²) in [7, 11) is 1.73. The zero-order valence-corrected chi connectivity index (χ0v) is 19.7. The maximum atomic E-state index is 13.6. The molecule has 3 fully saturated rings. The standard InChI is InChI=1S/C25H35N5O3/c1-25(12-13-25)21(17-9-6-10-17)22(28-23(31)18-11-14-26-30(18)2)24(32)27-20-15-19(33-29-20)16-7-4-3-5-8-16/h11,14-17,21-22H,3-10,12-13H2,1-2H3,(H,28,31)(H,27,29,32)/t21?,22-/m0/s1. The first kappa shape index (κ1) is 22.2. The lowest BCUT2D eigenvalue weighted by atomic mass is 9.66. The van der Waals surface area contributed by atoms with Crippen LogP contribution in [0.5, 0.6) is 0 Å². The van der Waals surface area contributed by atoms with Gasteiger partial charge in [-0.3, -0.25) is 14.3 Å². The van der Waals surface area contributed by atoms with Crippen molar-refractivity contribution in [1.29, 1.82) is 0 Å². The minimum atomic E-state index is -0.625. The van der Waals surface area contributed by atoms with Crippen molar-refractivity contribution >= 4 is 17.6 Å². The van der Waals surface area contributed by atoms with E-state index in [2.05, 4.69) is 27.8 Å². The molecule has 178 valence electrons. The van der Waals surface area contributed by atoms with E-state index in [9.17, 15) is 9.59 Å². The van der Waals surface area contributed by atoms with E-state index in [1.54, 1.807) is 19.3 Å². The molecule has 5 rings (SSSR count). The topological polar surface area (TPSA) is 102 Å². The van der Waals surface area contributed by atoms with Gasteiger partial charge in [0.25, 0.3) is 5.91 Å². The van der Waals surface area contributed by atoms with Gasteiger partial charge in [-0.25, -0.2) is 0 Å². The van der Waals surface area contributed by atoms with Crippen LogP contribution in [-0.4, -0.2) is 32.8 Å². The summed E-state index contributed by atoms with van der Waals surface area (Å²) in [6.45, 7) is 2.25. The number of rotatable bonds is 8. The fourth-order valence-electron chi connectivity index (χ4n) is 5.83. The molecule has 3 aliphatic carbocycles. The number of nitrogens with one attached hydrogen (secondary N) is 2. The van der Waals surface area contributed by atoms with Crippen molar-refractivity contribution in [3.05, 3.63) is 29.8 Å². The van der Waals surface area contributed by atoms with Crippen LogP contribution in [0.15, 0.2) is 22.9 Å². The van der Waals surface area contributed by atoms with Crippen molar-refractivity contribution in [1.82, 2.24) is 20.3 Å². The molecule has 0 saturated heterocycles. The van der Waals surface area contributed by atoms with Gasteiger partial charge in [0.15, 0.2) is 5.82 Å². The first-order chi connectivity index (χ1) is 15.9. The molecule has 0 aliphatic heterocycles. The molecule has 0 aromatic carbocycles. The van der Waals surface area contributed by atoms with Gasteiger partial charge in [-0.2, -0.15) is 5.10 Å². The first-order valence-corrected chi connectivity index (χ1v) is 12.5. The van der Waals surface area contributed by atoms with Crippen molar-refractivity contribution in [2.24, 2.45) is 24.3 Å². The van der Waals surface area contributed by atoms with Gasteiger partial charge in [-0.15, -0.1) is 0 Å². The van der Waals surface area contributed by atoms with Gasteiger partial charge in [0, 0.05) is 25.2 Å². The highest BCUT2D eigenvalue weighted by molar-refractivity contribution is 6.00. The molecule has 8 nitrogen and oxygen atoms in total. The molecular weight excluding hydrogens is 418 g/mol. The smallest absolute Gasteiger partial charge is 0.270 e. The van der Waals surface area contributed by atoms with E-state index in [1.165, 1.54) is 30.4 Å². The average Bonchev–Trinajstić information content (AvgIpc) is 3.15. The molecule has 33 heavy (non-hydrogen) atoms. The Morgan fingerprint density at radius 2 is 1.91 bits per heavy atom. The monoisotopic (exact) mass is 453 g/mol. The van der Waals surface area contributed by atoms with Crippen LogP contribution in [0.4, 0.5) is 5.82 Å². The highest BCUT2D eigenvalue weighted by Crippen LogP contribution is 2.58. The van der Waals surface area contributed by atoms with E-state index < -0.39 is 6.04 Å². The van der Waals surface area contributed by atoms with Crippen LogP contribution in [0.2, 0.25) is 0 Å². The Balaban J connectivity index is 1.36. The second kappa shape index (κ2) is 8.95. The van der Waals surface area contributed by atoms with Gasteiger partial charge in [0.05, 0.1) is 0 Å². The van der Waals surface area contributed by atoms with Crippen LogP contribution >= 0.6 is 0 Å². The molecule has 2 aromatic heterocycles. The summed E-state index contributed by atoms with van der Waals surface area (Å²) in [6, 6.07) is 2.92. The molecule has 0 bridgehead atoms. The molecule has 0 radical (unpaired) electrons. The predicted octanol–water partition coefficient (Wildman–Crippen LogP) is 4.41. The quantitative estimate of drug-likeness (QED) is 0.616. The summed E-state index contributed by atoms with van der Waals surface area (Å²) in [4.78, 5) is 26.7. The third-order valence-electron chi connectivity index (χ3n) is 8.27. The number of anilines is 1. The largest absolute Gasteiger partial charge is 0.359 e. The lowest BCUT2D eigenvalue weighted by Gasteiger charge is -2.42. The molecule has 3 aliphatic rings. The molecule has 1 unspecified atom stereocenters. The Hall–Kier alpha value is -2.64. The molecule has 2 heterocycles. The second-order valence-electron chi connectivity index (χ2n) is 10.6. The molecule has 2 amide bonds. The highest BCUT2D eigenvalue weighted by Gasteiger charge is 2.54. The number of aromatic nitrogens is 3. The zero-order valence-electron chi connectivity index (χ0n) is 19.7. The van der Waals surface area contributed by atoms with E-state index in [0.29, 0.717) is 23.3 Å². The van der Waals surface area contributed by atoms with E-state index in [1.807, 2.05) is 6.07 Å². The van der Waals surface area contributed by atoms with Crippen molar-refractivity contribution in [3.8, 4) is 0 Å². The molecule has 8 heteroatoms. The van der Waals surface area contributed by atoms with Crippen LogP contribution in [-0.2, 0) is 11.8 Å². The Kier molecular flexibility index (Phi) is 6.01. The summed E-state index contributed by atoms with van der Waals surface area (Å²) >= 11 is 0. The molecule has 2 aromatic rings. The minimum absolute atomic E-state index is 0.0872. The molecule has 3 saturated carbocycles. The summed E-state index contributed by atoms with van der Waals surface area (Å²) in [5.74, 6) is 1.75. The number of nitrogens with zero attached hydrogens (tertiary/aromatic N) is 3. The van der Waals surface area contributed by atoms with Crippen LogP contribution < -0.4 is 10.6 Å². The van der Waals surface area contributed by atoms with Crippen molar-refractivity contribution in [2.75, 3.05) is 5.32 Å². The van der Waals surface area contributed by atoms with E-state index >= 15 is 0 Å². The van der Waals surface area contributed by atoms with Crippen molar-refractivity contribution in [3.63, 3.8) is 0 Å². The lowest BCUT2D eigenvalue weighted by molar-refractivity contribution is -0.121. The van der Waals surface area contributed by atoms with Crippen LogP contribution in [0.1, 0.15) is 93.3 Å². The normalized spacial score (nSPS) is 22.2. The molecule has 0 spiro atoms. The fourth-order valence-corrected chi connectivity index (χ4v) is 5.83. The maximum Gasteiger partial charge on any atom is 0.270 e. The van der Waals surface area contributed by atoms with Crippen LogP contribution in [0.3, 0.4) is 0 Å². The van der Waals surface area contributed by atoms with Crippen LogP contribution in [0, 0.1) is 17.3 Å². The number of hydrogen-bond acceptors (Lipinski definition) is 5. The minimum Gasteiger partial charge on any atom is -0.359 e. The van der Waals surface area contributed by atoms with Crippen LogP contribution in [0.25, 0.3) is 0 Å². The summed E-state index contributed by atoms with van der Waals surface area (Å²) in [6.07, 6.45) is 13.1. The second-order valence-corrected chi connectivity index (χ2v) is 10.6. The summed E-state index contributed by atoms with van der Waals surface area (Å²) < 4.78 is 7.13. The third kappa shape index (κ3) is 4.57. The predicted molar refractivity (Wildman–Crippen MR) is 124 cm³/mol. The van der Waals surface area contributed by atoms with Gasteiger partial charge >= 0.3 is 0 Å². The lowest BCUT2D eigenvalue weighted by Crippen LogP contribution is -2.54. The fraction of sp³-hybridized carbons (Fsp3) is 0.680. The average molecular weight is 454 g/mol. The zero-order chi connectivity index (χ0) is 23.0. The van der Waals surface area contributed by atoms with Crippen molar-refractivity contribution < 1.29 is 14.1 Å². The Bertz CT molecular complexity index is 997. The van der Waals surface area contributed by atoms with Gasteiger partial charge < -0.3 is 15.2 Å². The first-order valence-electron chi connectivity index (χ1n) is 12.5. The maximum absolute atomic E-state index is 13.6. The Labute approximate surface area is 194 Å². The Morgan fingerprint density at radius 1 is 1.15 bits per heavy atom. The van der Waals surface area contributed by atoms with E-state index in [4.69, 9.17) is 4.52 Å². The van der Waals surface area contributed by atoms with Gasteiger partial charge in [-0.1, -0.05) is 50.6 Å². The third-order valence-corrected chi connectivity index (χ3v) is 8.27.